The molecule has 0 spiro atoms. The zero-order chi connectivity index (χ0) is 23.6. The summed E-state index contributed by atoms with van der Waals surface area (Å²) in [5, 5.41) is 2.93. The molecule has 1 N–H and O–H groups in total. The summed E-state index contributed by atoms with van der Waals surface area (Å²) in [6, 6.07) is 7.87. The zero-order valence-corrected chi connectivity index (χ0v) is 20.6. The van der Waals surface area contributed by atoms with Gasteiger partial charge >= 0.3 is 12.1 Å². The van der Waals surface area contributed by atoms with Crippen LogP contribution >= 0.6 is 0 Å². The van der Waals surface area contributed by atoms with Gasteiger partial charge in [0.2, 0.25) is 0 Å². The molecule has 0 heterocycles. The van der Waals surface area contributed by atoms with E-state index in [0.717, 1.165) is 38.6 Å². The number of nitrogens with zero attached hydrogens (tertiary/aromatic N) is 1. The van der Waals surface area contributed by atoms with Crippen molar-refractivity contribution in [2.75, 3.05) is 33.8 Å². The molecule has 1 fully saturated rings. The molecule has 0 radical (unpaired) electrons. The number of benzene rings is 1. The Balaban J connectivity index is 1.99. The normalized spacial score (nSPS) is 17.4. The van der Waals surface area contributed by atoms with Crippen LogP contribution in [-0.4, -0.2) is 50.8 Å². The molecule has 1 aromatic rings. The molecule has 1 aliphatic rings. The standard InChI is InChI=1S/C26H42N2O4/c1-6-23(20(3)18-28(4)5)21-12-11-13-22(16-21)32-25(30)27-19-26(14-9-8-10-15-26)17-24(29)31-7-2/h11-13,16,20,23H,6-10,14-15,17-19H2,1-5H3,(H,27,30). The minimum absolute atomic E-state index is 0.185. The van der Waals surface area contributed by atoms with Crippen molar-refractivity contribution in [1.29, 1.82) is 0 Å². The Labute approximate surface area is 194 Å². The largest absolute Gasteiger partial charge is 0.466 e. The van der Waals surface area contributed by atoms with Crippen molar-refractivity contribution in [2.24, 2.45) is 11.3 Å². The fourth-order valence-corrected chi connectivity index (χ4v) is 5.12. The van der Waals surface area contributed by atoms with Crippen LogP contribution in [-0.2, 0) is 9.53 Å². The van der Waals surface area contributed by atoms with Crippen LogP contribution in [0.4, 0.5) is 4.79 Å². The van der Waals surface area contributed by atoms with Crippen molar-refractivity contribution in [3.05, 3.63) is 29.8 Å². The van der Waals surface area contributed by atoms with E-state index in [0.29, 0.717) is 37.2 Å². The maximum atomic E-state index is 12.6. The van der Waals surface area contributed by atoms with Gasteiger partial charge in [-0.05, 0) is 75.2 Å². The van der Waals surface area contributed by atoms with Gasteiger partial charge in [-0.1, -0.05) is 45.2 Å². The van der Waals surface area contributed by atoms with Gasteiger partial charge in [0, 0.05) is 13.1 Å². The first-order valence-corrected chi connectivity index (χ1v) is 12.1. The average Bonchev–Trinajstić information content (AvgIpc) is 2.73. The lowest BCUT2D eigenvalue weighted by molar-refractivity contribution is -0.146. The van der Waals surface area contributed by atoms with Crippen LogP contribution in [0.3, 0.4) is 0 Å². The Kier molecular flexibility index (Phi) is 10.5. The average molecular weight is 447 g/mol. The minimum atomic E-state index is -0.467. The first kappa shape index (κ1) is 26.2. The molecule has 0 aromatic heterocycles. The first-order chi connectivity index (χ1) is 15.3. The SMILES string of the molecule is CCOC(=O)CC1(CNC(=O)Oc2cccc(C(CC)C(C)CN(C)C)c2)CCCCC1. The van der Waals surface area contributed by atoms with Gasteiger partial charge in [0.05, 0.1) is 13.0 Å². The summed E-state index contributed by atoms with van der Waals surface area (Å²) < 4.78 is 10.8. The second-order valence-electron chi connectivity index (χ2n) is 9.61. The highest BCUT2D eigenvalue weighted by Crippen LogP contribution is 2.39. The smallest absolute Gasteiger partial charge is 0.412 e. The van der Waals surface area contributed by atoms with Gasteiger partial charge in [0.25, 0.3) is 0 Å². The molecular formula is C26H42N2O4. The number of hydrogen-bond donors (Lipinski definition) is 1. The van der Waals surface area contributed by atoms with Crippen molar-refractivity contribution in [3.8, 4) is 5.75 Å². The quantitative estimate of drug-likeness (QED) is 0.463. The van der Waals surface area contributed by atoms with Gasteiger partial charge < -0.3 is 19.7 Å². The second-order valence-corrected chi connectivity index (χ2v) is 9.61. The van der Waals surface area contributed by atoms with Gasteiger partial charge in [-0.15, -0.1) is 0 Å². The van der Waals surface area contributed by atoms with Crippen molar-refractivity contribution in [2.45, 2.75) is 71.6 Å². The molecule has 1 saturated carbocycles. The predicted octanol–water partition coefficient (Wildman–Crippen LogP) is 5.37. The highest BCUT2D eigenvalue weighted by Gasteiger charge is 2.35. The number of carbonyl (C=O) groups is 2. The number of rotatable bonds is 11. The topological polar surface area (TPSA) is 67.9 Å². The Morgan fingerprint density at radius 1 is 1.16 bits per heavy atom. The maximum absolute atomic E-state index is 12.6. The number of esters is 1. The molecule has 1 amide bonds. The van der Waals surface area contributed by atoms with Crippen molar-refractivity contribution < 1.29 is 19.1 Å². The fourth-order valence-electron chi connectivity index (χ4n) is 5.12. The van der Waals surface area contributed by atoms with Crippen molar-refractivity contribution >= 4 is 12.1 Å². The maximum Gasteiger partial charge on any atom is 0.412 e. The summed E-state index contributed by atoms with van der Waals surface area (Å²) in [4.78, 5) is 26.9. The van der Waals surface area contributed by atoms with Crippen LogP contribution in [0, 0.1) is 11.3 Å². The zero-order valence-electron chi connectivity index (χ0n) is 20.6. The summed E-state index contributed by atoms with van der Waals surface area (Å²) in [6.07, 6.45) is 6.06. The highest BCUT2D eigenvalue weighted by atomic mass is 16.6. The summed E-state index contributed by atoms with van der Waals surface area (Å²) in [6.45, 7) is 8.10. The molecule has 2 rings (SSSR count). The number of ether oxygens (including phenoxy) is 2. The third kappa shape index (κ3) is 8.12. The van der Waals surface area contributed by atoms with E-state index in [1.165, 1.54) is 12.0 Å². The molecule has 1 aliphatic carbocycles. The molecular weight excluding hydrogens is 404 g/mol. The van der Waals surface area contributed by atoms with Crippen LogP contribution in [0.5, 0.6) is 5.75 Å². The summed E-state index contributed by atoms with van der Waals surface area (Å²) in [5.74, 6) is 1.26. The molecule has 6 heteroatoms. The lowest BCUT2D eigenvalue weighted by atomic mass is 9.72. The Morgan fingerprint density at radius 3 is 2.50 bits per heavy atom. The number of hydrogen-bond acceptors (Lipinski definition) is 5. The summed E-state index contributed by atoms with van der Waals surface area (Å²) >= 11 is 0. The van der Waals surface area contributed by atoms with Crippen LogP contribution in [0.15, 0.2) is 24.3 Å². The monoisotopic (exact) mass is 446 g/mol. The molecule has 2 atom stereocenters. The van der Waals surface area contributed by atoms with E-state index in [2.05, 4.69) is 44.2 Å². The molecule has 180 valence electrons. The van der Waals surface area contributed by atoms with E-state index in [1.807, 2.05) is 25.1 Å². The summed E-state index contributed by atoms with van der Waals surface area (Å²) in [7, 11) is 4.18. The number of carbonyl (C=O) groups excluding carboxylic acids is 2. The predicted molar refractivity (Wildman–Crippen MR) is 128 cm³/mol. The van der Waals surface area contributed by atoms with E-state index >= 15 is 0 Å². The molecule has 1 aromatic carbocycles. The molecule has 0 aliphatic heterocycles. The lowest BCUT2D eigenvalue weighted by Gasteiger charge is -2.36. The fraction of sp³-hybridized carbons (Fsp3) is 0.692. The third-order valence-electron chi connectivity index (χ3n) is 6.62. The van der Waals surface area contributed by atoms with Crippen LogP contribution in [0.2, 0.25) is 0 Å². The molecule has 0 bridgehead atoms. The minimum Gasteiger partial charge on any atom is -0.466 e. The first-order valence-electron chi connectivity index (χ1n) is 12.1. The molecule has 2 unspecified atom stereocenters. The van der Waals surface area contributed by atoms with Crippen molar-refractivity contribution in [3.63, 3.8) is 0 Å². The second kappa shape index (κ2) is 12.8. The molecule has 6 nitrogen and oxygen atoms in total. The number of nitrogens with one attached hydrogen (secondary N) is 1. The van der Waals surface area contributed by atoms with Gasteiger partial charge in [-0.2, -0.15) is 0 Å². The summed E-state index contributed by atoms with van der Waals surface area (Å²) in [5.41, 5.74) is 0.957. The van der Waals surface area contributed by atoms with E-state index in [1.54, 1.807) is 0 Å². The van der Waals surface area contributed by atoms with Crippen molar-refractivity contribution in [1.82, 2.24) is 10.2 Å². The number of amides is 1. The van der Waals surface area contributed by atoms with E-state index in [9.17, 15) is 9.59 Å². The third-order valence-corrected chi connectivity index (χ3v) is 6.62. The van der Waals surface area contributed by atoms with Crippen LogP contribution < -0.4 is 10.1 Å². The molecule has 0 saturated heterocycles. The molecule has 32 heavy (non-hydrogen) atoms. The van der Waals surface area contributed by atoms with Gasteiger partial charge in [0.15, 0.2) is 0 Å². The Morgan fingerprint density at radius 2 is 1.88 bits per heavy atom. The lowest BCUT2D eigenvalue weighted by Crippen LogP contribution is -2.41. The Hall–Kier alpha value is -2.08. The van der Waals surface area contributed by atoms with E-state index in [4.69, 9.17) is 9.47 Å². The Bertz CT molecular complexity index is 728. The van der Waals surface area contributed by atoms with Gasteiger partial charge in [0.1, 0.15) is 5.75 Å². The van der Waals surface area contributed by atoms with Crippen LogP contribution in [0.25, 0.3) is 0 Å². The van der Waals surface area contributed by atoms with Crippen LogP contribution in [0.1, 0.15) is 77.2 Å². The highest BCUT2D eigenvalue weighted by molar-refractivity contribution is 5.72. The van der Waals surface area contributed by atoms with E-state index < -0.39 is 6.09 Å². The van der Waals surface area contributed by atoms with Gasteiger partial charge in [-0.3, -0.25) is 4.79 Å². The van der Waals surface area contributed by atoms with Gasteiger partial charge in [-0.25, -0.2) is 4.79 Å². The van der Waals surface area contributed by atoms with E-state index in [-0.39, 0.29) is 11.4 Å².